The highest BCUT2D eigenvalue weighted by molar-refractivity contribution is 14.1. The van der Waals surface area contributed by atoms with E-state index in [1.54, 1.807) is 24.3 Å². The minimum absolute atomic E-state index is 0.183. The highest BCUT2D eigenvalue weighted by Crippen LogP contribution is 2.23. The molecular formula is C15H10Cl2INO3. The molecular weight excluding hydrogens is 440 g/mol. The van der Waals surface area contributed by atoms with Gasteiger partial charge in [-0.15, -0.1) is 0 Å². The third kappa shape index (κ3) is 3.91. The van der Waals surface area contributed by atoms with E-state index < -0.39 is 5.97 Å². The molecule has 0 aliphatic carbocycles. The summed E-state index contributed by atoms with van der Waals surface area (Å²) in [5.41, 5.74) is 1.07. The molecule has 114 valence electrons. The van der Waals surface area contributed by atoms with Crippen molar-refractivity contribution in [3.8, 4) is 0 Å². The van der Waals surface area contributed by atoms with Crippen LogP contribution in [0.1, 0.15) is 20.7 Å². The molecule has 0 aromatic heterocycles. The molecule has 0 saturated heterocycles. The van der Waals surface area contributed by atoms with Gasteiger partial charge in [0.25, 0.3) is 5.91 Å². The molecule has 1 N–H and O–H groups in total. The lowest BCUT2D eigenvalue weighted by Crippen LogP contribution is -2.14. The first-order chi connectivity index (χ1) is 10.4. The van der Waals surface area contributed by atoms with E-state index in [4.69, 9.17) is 23.2 Å². The Hall–Kier alpha value is -1.31. The van der Waals surface area contributed by atoms with Crippen LogP contribution < -0.4 is 5.32 Å². The minimum Gasteiger partial charge on any atom is -0.465 e. The number of nitrogens with one attached hydrogen (secondary N) is 1. The standard InChI is InChI=1S/C15H10Cl2INO3/c1-22-15(21)10-7-9(3-4-12(10)17)19-14(20)11-6-8(16)2-5-13(11)18/h2-7H,1H3,(H,19,20). The number of hydrogen-bond acceptors (Lipinski definition) is 3. The van der Waals surface area contributed by atoms with E-state index in [0.29, 0.717) is 16.3 Å². The molecule has 4 nitrogen and oxygen atoms in total. The zero-order valence-electron chi connectivity index (χ0n) is 11.3. The molecule has 0 heterocycles. The number of ether oxygens (including phenoxy) is 1. The SMILES string of the molecule is COC(=O)c1cc(NC(=O)c2cc(Cl)ccc2I)ccc1Cl. The van der Waals surface area contributed by atoms with Gasteiger partial charge in [-0.1, -0.05) is 23.2 Å². The van der Waals surface area contributed by atoms with Gasteiger partial charge >= 0.3 is 5.97 Å². The van der Waals surface area contributed by atoms with Crippen LogP contribution >= 0.6 is 45.8 Å². The number of benzene rings is 2. The quantitative estimate of drug-likeness (QED) is 0.548. The maximum Gasteiger partial charge on any atom is 0.339 e. The molecule has 0 bridgehead atoms. The predicted molar refractivity (Wildman–Crippen MR) is 94.9 cm³/mol. The number of hydrogen-bond donors (Lipinski definition) is 1. The van der Waals surface area contributed by atoms with Crippen LogP contribution in [-0.4, -0.2) is 19.0 Å². The van der Waals surface area contributed by atoms with Gasteiger partial charge < -0.3 is 10.1 Å². The molecule has 0 saturated carbocycles. The van der Waals surface area contributed by atoms with Gasteiger partial charge in [-0.3, -0.25) is 4.79 Å². The molecule has 7 heteroatoms. The second-order valence-corrected chi connectivity index (χ2v) is 6.27. The van der Waals surface area contributed by atoms with Crippen molar-refractivity contribution < 1.29 is 14.3 Å². The van der Waals surface area contributed by atoms with Crippen LogP contribution in [0, 0.1) is 3.57 Å². The third-order valence-corrected chi connectivity index (χ3v) is 4.31. The van der Waals surface area contributed by atoms with E-state index in [-0.39, 0.29) is 16.5 Å². The number of rotatable bonds is 3. The topological polar surface area (TPSA) is 55.4 Å². The zero-order valence-corrected chi connectivity index (χ0v) is 15.0. The van der Waals surface area contributed by atoms with E-state index in [0.717, 1.165) is 3.57 Å². The molecule has 2 aromatic rings. The second-order valence-electron chi connectivity index (χ2n) is 4.26. The Kier molecular flexibility index (Phi) is 5.66. The molecule has 22 heavy (non-hydrogen) atoms. The molecule has 2 rings (SSSR count). The van der Waals surface area contributed by atoms with Crippen LogP contribution in [0.3, 0.4) is 0 Å². The molecule has 1 amide bonds. The Morgan fingerprint density at radius 3 is 2.50 bits per heavy atom. The van der Waals surface area contributed by atoms with Crippen molar-refractivity contribution in [2.24, 2.45) is 0 Å². The summed E-state index contributed by atoms with van der Waals surface area (Å²) in [6.45, 7) is 0. The Balaban J connectivity index is 2.29. The molecule has 0 radical (unpaired) electrons. The average molecular weight is 450 g/mol. The highest BCUT2D eigenvalue weighted by atomic mass is 127. The van der Waals surface area contributed by atoms with Crippen LogP contribution in [-0.2, 0) is 4.74 Å². The molecule has 0 aliphatic rings. The fraction of sp³-hybridized carbons (Fsp3) is 0.0667. The minimum atomic E-state index is -0.571. The van der Waals surface area contributed by atoms with Gasteiger partial charge in [0.2, 0.25) is 0 Å². The van der Waals surface area contributed by atoms with Crippen LogP contribution in [0.25, 0.3) is 0 Å². The Morgan fingerprint density at radius 1 is 1.09 bits per heavy atom. The molecule has 2 aromatic carbocycles. The summed E-state index contributed by atoms with van der Waals surface area (Å²) in [7, 11) is 1.26. The first-order valence-corrected chi connectivity index (χ1v) is 7.90. The lowest BCUT2D eigenvalue weighted by molar-refractivity contribution is 0.0600. The Labute approximate surface area is 150 Å². The summed E-state index contributed by atoms with van der Waals surface area (Å²) in [5.74, 6) is -0.900. The summed E-state index contributed by atoms with van der Waals surface area (Å²) in [4.78, 5) is 23.9. The van der Waals surface area contributed by atoms with Gasteiger partial charge in [-0.2, -0.15) is 0 Å². The van der Waals surface area contributed by atoms with Gasteiger partial charge in [-0.05, 0) is 59.0 Å². The van der Waals surface area contributed by atoms with E-state index in [2.05, 4.69) is 10.1 Å². The number of carbonyl (C=O) groups is 2. The van der Waals surface area contributed by atoms with Crippen molar-refractivity contribution in [3.63, 3.8) is 0 Å². The van der Waals surface area contributed by atoms with Crippen LogP contribution in [0.2, 0.25) is 10.0 Å². The monoisotopic (exact) mass is 449 g/mol. The number of esters is 1. The molecule has 0 spiro atoms. The van der Waals surface area contributed by atoms with Gasteiger partial charge in [-0.25, -0.2) is 4.79 Å². The van der Waals surface area contributed by atoms with Crippen molar-refractivity contribution in [1.29, 1.82) is 0 Å². The normalized spacial score (nSPS) is 10.2. The molecule has 0 unspecified atom stereocenters. The van der Waals surface area contributed by atoms with Crippen molar-refractivity contribution in [2.45, 2.75) is 0 Å². The lowest BCUT2D eigenvalue weighted by atomic mass is 10.1. The summed E-state index contributed by atoms with van der Waals surface area (Å²) in [5, 5.41) is 3.43. The van der Waals surface area contributed by atoms with Gasteiger partial charge in [0.15, 0.2) is 0 Å². The van der Waals surface area contributed by atoms with Crippen molar-refractivity contribution >= 4 is 63.4 Å². The van der Waals surface area contributed by atoms with E-state index in [1.165, 1.54) is 19.2 Å². The Morgan fingerprint density at radius 2 is 1.82 bits per heavy atom. The second kappa shape index (κ2) is 7.30. The number of halogens is 3. The zero-order chi connectivity index (χ0) is 16.3. The Bertz CT molecular complexity index is 750. The van der Waals surface area contributed by atoms with Gasteiger partial charge in [0.05, 0.1) is 23.3 Å². The van der Waals surface area contributed by atoms with Crippen LogP contribution in [0.5, 0.6) is 0 Å². The van der Waals surface area contributed by atoms with Gasteiger partial charge in [0, 0.05) is 14.3 Å². The van der Waals surface area contributed by atoms with Gasteiger partial charge in [0.1, 0.15) is 0 Å². The first kappa shape index (κ1) is 17.1. The first-order valence-electron chi connectivity index (χ1n) is 6.06. The fourth-order valence-electron chi connectivity index (χ4n) is 1.74. The summed E-state index contributed by atoms with van der Waals surface area (Å²) in [6, 6.07) is 9.62. The number of amides is 1. The maximum absolute atomic E-state index is 12.3. The maximum atomic E-state index is 12.3. The number of anilines is 1. The molecule has 0 fully saturated rings. The van der Waals surface area contributed by atoms with Crippen LogP contribution in [0.4, 0.5) is 5.69 Å². The average Bonchev–Trinajstić information content (AvgIpc) is 2.50. The molecule has 0 aliphatic heterocycles. The van der Waals surface area contributed by atoms with Crippen molar-refractivity contribution in [3.05, 3.63) is 61.1 Å². The third-order valence-electron chi connectivity index (χ3n) is 2.80. The van der Waals surface area contributed by atoms with Crippen molar-refractivity contribution in [2.75, 3.05) is 12.4 Å². The smallest absolute Gasteiger partial charge is 0.339 e. The largest absolute Gasteiger partial charge is 0.465 e. The predicted octanol–water partition coefficient (Wildman–Crippen LogP) is 4.64. The molecule has 0 atom stereocenters. The fourth-order valence-corrected chi connectivity index (χ4v) is 2.69. The summed E-state index contributed by atoms with van der Waals surface area (Å²) >= 11 is 13.9. The summed E-state index contributed by atoms with van der Waals surface area (Å²) in [6.07, 6.45) is 0. The van der Waals surface area contributed by atoms with E-state index in [9.17, 15) is 9.59 Å². The summed E-state index contributed by atoms with van der Waals surface area (Å²) < 4.78 is 5.41. The number of carbonyl (C=O) groups excluding carboxylic acids is 2. The van der Waals surface area contributed by atoms with E-state index >= 15 is 0 Å². The van der Waals surface area contributed by atoms with E-state index in [1.807, 2.05) is 22.6 Å². The van der Waals surface area contributed by atoms with Crippen LogP contribution in [0.15, 0.2) is 36.4 Å². The van der Waals surface area contributed by atoms with Crippen molar-refractivity contribution in [1.82, 2.24) is 0 Å². The number of methoxy groups -OCH3 is 1. The lowest BCUT2D eigenvalue weighted by Gasteiger charge is -2.09. The highest BCUT2D eigenvalue weighted by Gasteiger charge is 2.14.